The summed E-state index contributed by atoms with van der Waals surface area (Å²) in [7, 11) is 1.75. The van der Waals surface area contributed by atoms with Crippen LogP contribution in [0.4, 0.5) is 10.5 Å². The molecular weight excluding hydrogens is 537 g/mol. The van der Waals surface area contributed by atoms with E-state index in [1.807, 2.05) is 20.8 Å². The van der Waals surface area contributed by atoms with Crippen LogP contribution < -0.4 is 20.9 Å². The molecule has 1 atom stereocenters. The molecule has 1 aliphatic heterocycles. The van der Waals surface area contributed by atoms with E-state index in [4.69, 9.17) is 4.74 Å². The summed E-state index contributed by atoms with van der Waals surface area (Å²) in [6, 6.07) is 8.71. The maximum absolute atomic E-state index is 11.6. The molecule has 7 nitrogen and oxygen atoms in total. The van der Waals surface area contributed by atoms with Gasteiger partial charge in [0.2, 0.25) is 0 Å². The summed E-state index contributed by atoms with van der Waals surface area (Å²) >= 11 is 3.47. The second kappa shape index (κ2) is 11.7. The lowest BCUT2D eigenvalue weighted by Crippen LogP contribution is -2.46. The molecule has 0 aliphatic carbocycles. The second-order valence-corrected chi connectivity index (χ2v) is 8.40. The fraction of sp³-hybridized carbons (Fsp3) is 0.579. The number of carbonyl (C=O) groups excluding carboxylic acids is 1. The van der Waals surface area contributed by atoms with E-state index in [1.165, 1.54) is 5.69 Å². The van der Waals surface area contributed by atoms with Gasteiger partial charge < -0.3 is 25.6 Å². The summed E-state index contributed by atoms with van der Waals surface area (Å²) < 4.78 is 6.30. The highest BCUT2D eigenvalue weighted by atomic mass is 127. The lowest BCUT2D eigenvalue weighted by atomic mass is 10.2. The van der Waals surface area contributed by atoms with E-state index in [0.717, 1.165) is 29.9 Å². The highest BCUT2D eigenvalue weighted by molar-refractivity contribution is 14.0. The molecule has 0 radical (unpaired) electrons. The highest BCUT2D eigenvalue weighted by Gasteiger charge is 2.23. The third-order valence-electron chi connectivity index (χ3n) is 4.03. The molecule has 1 aliphatic rings. The van der Waals surface area contributed by atoms with Crippen LogP contribution >= 0.6 is 39.9 Å². The first kappa shape index (κ1) is 24.8. The van der Waals surface area contributed by atoms with Gasteiger partial charge in [0.1, 0.15) is 5.60 Å². The maximum atomic E-state index is 11.6. The number of alkyl carbamates (subject to hydrolysis) is 1. The zero-order valence-corrected chi connectivity index (χ0v) is 20.8. The van der Waals surface area contributed by atoms with Crippen molar-refractivity contribution in [2.45, 2.75) is 38.8 Å². The molecule has 1 aromatic rings. The molecule has 1 unspecified atom stereocenters. The van der Waals surface area contributed by atoms with E-state index in [9.17, 15) is 4.79 Å². The molecule has 1 amide bonds. The fourth-order valence-electron chi connectivity index (χ4n) is 2.81. The van der Waals surface area contributed by atoms with Crippen molar-refractivity contribution in [3.8, 4) is 0 Å². The molecule has 1 heterocycles. The van der Waals surface area contributed by atoms with Crippen LogP contribution in [0.15, 0.2) is 33.7 Å². The quantitative estimate of drug-likeness (QED) is 0.220. The van der Waals surface area contributed by atoms with Crippen LogP contribution in [0, 0.1) is 0 Å². The SMILES string of the molecule is CN=C(NCCNC(=O)OC(C)(C)C)NC1CCN(c2ccc(Br)cc2)C1.I. The van der Waals surface area contributed by atoms with Crippen molar-refractivity contribution in [3.05, 3.63) is 28.7 Å². The minimum Gasteiger partial charge on any atom is -0.444 e. The lowest BCUT2D eigenvalue weighted by molar-refractivity contribution is 0.0529. The maximum Gasteiger partial charge on any atom is 0.407 e. The molecule has 158 valence electrons. The summed E-state index contributed by atoms with van der Waals surface area (Å²) in [4.78, 5) is 18.3. The van der Waals surface area contributed by atoms with Gasteiger partial charge in [0, 0.05) is 49.4 Å². The molecule has 1 fully saturated rings. The Morgan fingerprint density at radius 2 is 1.89 bits per heavy atom. The molecule has 28 heavy (non-hydrogen) atoms. The number of ether oxygens (including phenoxy) is 1. The van der Waals surface area contributed by atoms with Gasteiger partial charge in [0.25, 0.3) is 0 Å². The number of aliphatic imine (C=N–C) groups is 1. The Hall–Kier alpha value is -1.23. The molecule has 9 heteroatoms. The normalized spacial score (nSPS) is 17.0. The van der Waals surface area contributed by atoms with Crippen LogP contribution in [0.3, 0.4) is 0 Å². The van der Waals surface area contributed by atoms with Crippen molar-refractivity contribution < 1.29 is 9.53 Å². The Morgan fingerprint density at radius 3 is 2.50 bits per heavy atom. The zero-order chi connectivity index (χ0) is 19.9. The van der Waals surface area contributed by atoms with Gasteiger partial charge in [0.05, 0.1) is 0 Å². The van der Waals surface area contributed by atoms with E-state index < -0.39 is 11.7 Å². The Balaban J connectivity index is 0.00000392. The number of carbonyl (C=O) groups is 1. The second-order valence-electron chi connectivity index (χ2n) is 7.48. The number of rotatable bonds is 5. The number of nitrogens with zero attached hydrogens (tertiary/aromatic N) is 2. The van der Waals surface area contributed by atoms with Crippen LogP contribution in [-0.4, -0.2) is 56.9 Å². The number of anilines is 1. The van der Waals surface area contributed by atoms with Crippen LogP contribution in [0.25, 0.3) is 0 Å². The average Bonchev–Trinajstić information content (AvgIpc) is 3.05. The molecule has 0 spiro atoms. The first-order chi connectivity index (χ1) is 12.8. The van der Waals surface area contributed by atoms with E-state index in [1.54, 1.807) is 7.05 Å². The van der Waals surface area contributed by atoms with Crippen molar-refractivity contribution >= 4 is 57.6 Å². The van der Waals surface area contributed by atoms with E-state index in [-0.39, 0.29) is 24.0 Å². The number of guanidine groups is 1. The monoisotopic (exact) mass is 567 g/mol. The van der Waals surface area contributed by atoms with Gasteiger partial charge in [-0.2, -0.15) is 0 Å². The first-order valence-corrected chi connectivity index (χ1v) is 10.0. The van der Waals surface area contributed by atoms with Crippen molar-refractivity contribution in [3.63, 3.8) is 0 Å². The Bertz CT molecular complexity index is 649. The van der Waals surface area contributed by atoms with Gasteiger partial charge in [-0.3, -0.25) is 4.99 Å². The zero-order valence-electron chi connectivity index (χ0n) is 16.9. The van der Waals surface area contributed by atoms with Crippen LogP contribution in [0.1, 0.15) is 27.2 Å². The van der Waals surface area contributed by atoms with Crippen LogP contribution in [0.5, 0.6) is 0 Å². The van der Waals surface area contributed by atoms with Crippen LogP contribution in [0.2, 0.25) is 0 Å². The van der Waals surface area contributed by atoms with E-state index >= 15 is 0 Å². The number of hydrogen-bond donors (Lipinski definition) is 3. The van der Waals surface area contributed by atoms with Crippen molar-refractivity contribution in [1.82, 2.24) is 16.0 Å². The summed E-state index contributed by atoms with van der Waals surface area (Å²) in [6.07, 6.45) is 0.639. The Labute approximate surface area is 193 Å². The topological polar surface area (TPSA) is 78.0 Å². The minimum atomic E-state index is -0.488. The Morgan fingerprint density at radius 1 is 1.25 bits per heavy atom. The van der Waals surface area contributed by atoms with Gasteiger partial charge in [0.15, 0.2) is 5.96 Å². The average molecular weight is 568 g/mol. The number of nitrogens with one attached hydrogen (secondary N) is 3. The standard InChI is InChI=1S/C19H30BrN5O2.HI/c1-19(2,3)27-18(26)23-11-10-22-17(21-4)24-15-9-12-25(13-15)16-7-5-14(20)6-8-16;/h5-8,15H,9-13H2,1-4H3,(H,23,26)(H2,21,22,24);1H. The molecule has 1 aromatic carbocycles. The molecular formula is C19H31BrIN5O2. The molecule has 0 saturated carbocycles. The number of amides is 1. The van der Waals surface area contributed by atoms with Crippen molar-refractivity contribution in [2.24, 2.45) is 4.99 Å². The molecule has 3 N–H and O–H groups in total. The van der Waals surface area contributed by atoms with Gasteiger partial charge >= 0.3 is 6.09 Å². The summed E-state index contributed by atoms with van der Waals surface area (Å²) in [5, 5.41) is 9.39. The fourth-order valence-corrected chi connectivity index (χ4v) is 3.08. The number of halogens is 2. The number of hydrogen-bond acceptors (Lipinski definition) is 4. The largest absolute Gasteiger partial charge is 0.444 e. The lowest BCUT2D eigenvalue weighted by Gasteiger charge is -2.21. The predicted molar refractivity (Wildman–Crippen MR) is 129 cm³/mol. The number of benzene rings is 1. The molecule has 0 bridgehead atoms. The predicted octanol–water partition coefficient (Wildman–Crippen LogP) is 3.34. The third kappa shape index (κ3) is 8.85. The minimum absolute atomic E-state index is 0. The molecule has 1 saturated heterocycles. The summed E-state index contributed by atoms with van der Waals surface area (Å²) in [6.45, 7) is 8.50. The van der Waals surface area contributed by atoms with Gasteiger partial charge in [-0.15, -0.1) is 24.0 Å². The highest BCUT2D eigenvalue weighted by Crippen LogP contribution is 2.22. The molecule has 0 aromatic heterocycles. The van der Waals surface area contributed by atoms with Gasteiger partial charge in [-0.05, 0) is 51.5 Å². The smallest absolute Gasteiger partial charge is 0.407 e. The van der Waals surface area contributed by atoms with Crippen molar-refractivity contribution in [2.75, 3.05) is 38.1 Å². The van der Waals surface area contributed by atoms with Crippen LogP contribution in [-0.2, 0) is 4.74 Å². The van der Waals surface area contributed by atoms with Crippen molar-refractivity contribution in [1.29, 1.82) is 0 Å². The summed E-state index contributed by atoms with van der Waals surface area (Å²) in [5.41, 5.74) is 0.741. The van der Waals surface area contributed by atoms with E-state index in [2.05, 4.69) is 66.0 Å². The molecule has 2 rings (SSSR count). The summed E-state index contributed by atoms with van der Waals surface area (Å²) in [5.74, 6) is 0.739. The van der Waals surface area contributed by atoms with Gasteiger partial charge in [-0.25, -0.2) is 4.79 Å². The Kier molecular flexibility index (Phi) is 10.4. The third-order valence-corrected chi connectivity index (χ3v) is 4.56. The van der Waals surface area contributed by atoms with Gasteiger partial charge in [-0.1, -0.05) is 15.9 Å². The van der Waals surface area contributed by atoms with E-state index in [0.29, 0.717) is 19.1 Å². The first-order valence-electron chi connectivity index (χ1n) is 9.21.